The molecular weight excluding hydrogens is 452 g/mol. The Hall–Kier alpha value is -3.33. The highest BCUT2D eigenvalue weighted by atomic mass is 16.2. The van der Waals surface area contributed by atoms with Crippen molar-refractivity contribution in [2.45, 2.75) is 89.3 Å². The van der Waals surface area contributed by atoms with Crippen LogP contribution >= 0.6 is 0 Å². The summed E-state index contributed by atoms with van der Waals surface area (Å²) in [4.78, 5) is 16.9. The third-order valence-corrected chi connectivity index (χ3v) is 10.5. The number of aryl methyl sites for hydroxylation is 4. The largest absolute Gasteiger partial charge is 0.360 e. The highest BCUT2D eigenvalue weighted by Gasteiger charge is 2.43. The third kappa shape index (κ3) is 2.60. The molecular formula is C34H38N2O. The van der Waals surface area contributed by atoms with E-state index in [9.17, 15) is 4.79 Å². The van der Waals surface area contributed by atoms with Crippen LogP contribution in [-0.2, 0) is 0 Å². The fourth-order valence-electron chi connectivity index (χ4n) is 7.41. The van der Waals surface area contributed by atoms with Crippen molar-refractivity contribution in [3.63, 3.8) is 0 Å². The van der Waals surface area contributed by atoms with Gasteiger partial charge in [-0.1, -0.05) is 0 Å². The van der Waals surface area contributed by atoms with E-state index in [0.717, 1.165) is 22.2 Å². The number of carbonyl (C=O) groups excluding carboxylic acids is 1. The van der Waals surface area contributed by atoms with Crippen LogP contribution in [-0.4, -0.2) is 5.91 Å². The standard InChI is InChI=1S/C34H38N2O/c1-13-17(5)25-18(6)14(2)22(10)28-29(25)27(21(13)9)33-35-31-23(11)15(3)19(7)26-20(8)16(4)24(12)32(30(26)31)36(33)34(28)37/h33,35H,1-12H3. The first-order valence-corrected chi connectivity index (χ1v) is 13.5. The molecule has 2 heterocycles. The molecule has 2 aliphatic heterocycles. The van der Waals surface area contributed by atoms with Crippen molar-refractivity contribution < 1.29 is 4.79 Å². The van der Waals surface area contributed by atoms with Crippen LogP contribution in [0.15, 0.2) is 0 Å². The smallest absolute Gasteiger partial charge is 0.261 e. The average Bonchev–Trinajstić information content (AvgIpc) is 2.86. The molecule has 37 heavy (non-hydrogen) atoms. The van der Waals surface area contributed by atoms with Crippen LogP contribution in [0.3, 0.4) is 0 Å². The Morgan fingerprint density at radius 3 is 1.51 bits per heavy atom. The zero-order valence-corrected chi connectivity index (χ0v) is 24.4. The average molecular weight is 491 g/mol. The monoisotopic (exact) mass is 490 g/mol. The van der Waals surface area contributed by atoms with Crippen molar-refractivity contribution in [1.82, 2.24) is 0 Å². The lowest BCUT2D eigenvalue weighted by Crippen LogP contribution is -2.45. The lowest BCUT2D eigenvalue weighted by atomic mass is 9.77. The van der Waals surface area contributed by atoms with Crippen molar-refractivity contribution in [2.75, 3.05) is 10.2 Å². The lowest BCUT2D eigenvalue weighted by molar-refractivity contribution is 0.0976. The molecule has 2 aliphatic rings. The van der Waals surface area contributed by atoms with Gasteiger partial charge in [0, 0.05) is 22.0 Å². The minimum atomic E-state index is -0.236. The number of rotatable bonds is 0. The second kappa shape index (κ2) is 7.37. The zero-order chi connectivity index (χ0) is 27.0. The molecule has 0 aromatic heterocycles. The molecule has 1 amide bonds. The van der Waals surface area contributed by atoms with Gasteiger partial charge < -0.3 is 5.32 Å². The van der Waals surface area contributed by atoms with Crippen LogP contribution in [0.1, 0.15) is 88.8 Å². The number of nitrogens with zero attached hydrogens (tertiary/aromatic N) is 1. The summed E-state index contributed by atoms with van der Waals surface area (Å²) in [6, 6.07) is 0. The van der Waals surface area contributed by atoms with Crippen LogP contribution < -0.4 is 10.2 Å². The maximum Gasteiger partial charge on any atom is 0.261 e. The topological polar surface area (TPSA) is 32.3 Å². The summed E-state index contributed by atoms with van der Waals surface area (Å²) in [6.45, 7) is 26.6. The highest BCUT2D eigenvalue weighted by molar-refractivity contribution is 6.25. The predicted molar refractivity (Wildman–Crippen MR) is 158 cm³/mol. The van der Waals surface area contributed by atoms with E-state index < -0.39 is 0 Å². The molecule has 4 aromatic rings. The molecule has 0 radical (unpaired) electrons. The molecule has 6 rings (SSSR count). The van der Waals surface area contributed by atoms with E-state index in [4.69, 9.17) is 0 Å². The summed E-state index contributed by atoms with van der Waals surface area (Å²) in [6.07, 6.45) is -0.236. The van der Waals surface area contributed by atoms with E-state index in [2.05, 4.69) is 93.3 Å². The zero-order valence-electron chi connectivity index (χ0n) is 24.4. The second-order valence-corrected chi connectivity index (χ2v) is 11.7. The van der Waals surface area contributed by atoms with E-state index in [0.29, 0.717) is 0 Å². The minimum absolute atomic E-state index is 0.118. The van der Waals surface area contributed by atoms with Crippen molar-refractivity contribution in [3.8, 4) is 0 Å². The molecule has 0 fully saturated rings. The van der Waals surface area contributed by atoms with Gasteiger partial charge in [0.2, 0.25) is 0 Å². The Morgan fingerprint density at radius 1 is 0.486 bits per heavy atom. The molecule has 190 valence electrons. The van der Waals surface area contributed by atoms with Gasteiger partial charge in [0.15, 0.2) is 0 Å². The molecule has 0 bridgehead atoms. The molecule has 0 saturated heterocycles. The second-order valence-electron chi connectivity index (χ2n) is 11.7. The maximum absolute atomic E-state index is 14.8. The van der Waals surface area contributed by atoms with Gasteiger partial charge in [-0.05, 0) is 161 Å². The van der Waals surface area contributed by atoms with E-state index in [-0.39, 0.29) is 12.1 Å². The van der Waals surface area contributed by atoms with Gasteiger partial charge in [0.1, 0.15) is 6.17 Å². The summed E-state index contributed by atoms with van der Waals surface area (Å²) < 4.78 is 0. The van der Waals surface area contributed by atoms with Crippen LogP contribution in [0.25, 0.3) is 21.5 Å². The summed E-state index contributed by atoms with van der Waals surface area (Å²) >= 11 is 0. The number of hydrogen-bond acceptors (Lipinski definition) is 2. The minimum Gasteiger partial charge on any atom is -0.360 e. The molecule has 1 N–H and O–H groups in total. The van der Waals surface area contributed by atoms with Crippen LogP contribution in [0.5, 0.6) is 0 Å². The van der Waals surface area contributed by atoms with Crippen LogP contribution in [0.2, 0.25) is 0 Å². The van der Waals surface area contributed by atoms with E-state index in [1.54, 1.807) is 0 Å². The Labute approximate surface area is 220 Å². The Bertz CT molecular complexity index is 1770. The van der Waals surface area contributed by atoms with Gasteiger partial charge in [0.25, 0.3) is 5.91 Å². The number of benzene rings is 4. The van der Waals surface area contributed by atoms with Gasteiger partial charge in [-0.3, -0.25) is 9.69 Å². The molecule has 4 aromatic carbocycles. The van der Waals surface area contributed by atoms with Gasteiger partial charge in [-0.15, -0.1) is 0 Å². The molecule has 0 aliphatic carbocycles. The predicted octanol–water partition coefficient (Wildman–Crippen LogP) is 8.78. The molecule has 0 spiro atoms. The van der Waals surface area contributed by atoms with Gasteiger partial charge >= 0.3 is 0 Å². The van der Waals surface area contributed by atoms with Gasteiger partial charge in [-0.25, -0.2) is 0 Å². The van der Waals surface area contributed by atoms with Crippen molar-refractivity contribution >= 4 is 38.8 Å². The SMILES string of the molecule is Cc1c(C)c2c3c(c(C)c(C)c(C)c3c1C)C1Nc3c(C)c(C)c(C)c4c(C)c(C)c(C)c(c34)N1C2=O. The van der Waals surface area contributed by atoms with Crippen molar-refractivity contribution in [2.24, 2.45) is 0 Å². The van der Waals surface area contributed by atoms with Crippen molar-refractivity contribution in [1.29, 1.82) is 0 Å². The molecule has 1 unspecified atom stereocenters. The maximum atomic E-state index is 14.8. The first-order chi connectivity index (χ1) is 17.3. The van der Waals surface area contributed by atoms with E-state index in [1.165, 1.54) is 88.6 Å². The number of nitrogens with one attached hydrogen (secondary N) is 1. The molecule has 0 saturated carbocycles. The molecule has 3 nitrogen and oxygen atoms in total. The quantitative estimate of drug-likeness (QED) is 0.267. The normalized spacial score (nSPS) is 16.1. The van der Waals surface area contributed by atoms with Crippen molar-refractivity contribution in [3.05, 3.63) is 77.9 Å². The van der Waals surface area contributed by atoms with E-state index in [1.807, 2.05) is 0 Å². The summed E-state index contributed by atoms with van der Waals surface area (Å²) in [5.41, 5.74) is 19.6. The van der Waals surface area contributed by atoms with Crippen LogP contribution in [0.4, 0.5) is 11.4 Å². The molecule has 1 atom stereocenters. The number of carbonyl (C=O) groups is 1. The Balaban J connectivity index is 1.86. The first kappa shape index (κ1) is 24.0. The summed E-state index contributed by atoms with van der Waals surface area (Å²) in [5, 5.41) is 8.86. The Morgan fingerprint density at radius 2 is 0.946 bits per heavy atom. The summed E-state index contributed by atoms with van der Waals surface area (Å²) in [7, 11) is 0. The fourth-order valence-corrected chi connectivity index (χ4v) is 7.41. The number of hydrogen-bond donors (Lipinski definition) is 1. The first-order valence-electron chi connectivity index (χ1n) is 13.5. The van der Waals surface area contributed by atoms with Gasteiger partial charge in [0.05, 0.1) is 11.3 Å². The van der Waals surface area contributed by atoms with Crippen LogP contribution in [0, 0.1) is 83.1 Å². The fraction of sp³-hybridized carbons (Fsp3) is 0.382. The number of anilines is 2. The van der Waals surface area contributed by atoms with E-state index >= 15 is 0 Å². The molecule has 3 heteroatoms. The van der Waals surface area contributed by atoms with Gasteiger partial charge in [-0.2, -0.15) is 0 Å². The lowest BCUT2D eigenvalue weighted by Gasteiger charge is -2.45. The third-order valence-electron chi connectivity index (χ3n) is 10.5. The Kier molecular flexibility index (Phi) is 4.79. The number of amides is 1. The highest BCUT2D eigenvalue weighted by Crippen LogP contribution is 2.54. The number of fused-ring (bicyclic) bond motifs is 3. The summed E-state index contributed by atoms with van der Waals surface area (Å²) in [5.74, 6) is 0.118.